The van der Waals surface area contributed by atoms with Crippen LogP contribution in [0.3, 0.4) is 0 Å². The first-order valence-corrected chi connectivity index (χ1v) is 7.63. The first kappa shape index (κ1) is 14.9. The van der Waals surface area contributed by atoms with Crippen LogP contribution in [0.2, 0.25) is 10.0 Å². The van der Waals surface area contributed by atoms with Crippen LogP contribution in [0.1, 0.15) is 0 Å². The van der Waals surface area contributed by atoms with Crippen molar-refractivity contribution in [2.24, 2.45) is 0 Å². The van der Waals surface area contributed by atoms with Gasteiger partial charge in [0.25, 0.3) is 10.0 Å². The summed E-state index contributed by atoms with van der Waals surface area (Å²) in [5, 5.41) is 0.401. The molecule has 0 saturated carbocycles. The molecule has 1 aromatic heterocycles. The van der Waals surface area contributed by atoms with Crippen molar-refractivity contribution in [2.75, 3.05) is 11.8 Å². The van der Waals surface area contributed by atoms with E-state index >= 15 is 0 Å². The lowest BCUT2D eigenvalue weighted by atomic mass is 10.4. The van der Waals surface area contributed by atoms with Gasteiger partial charge in [-0.3, -0.25) is 9.71 Å². The van der Waals surface area contributed by atoms with Crippen molar-refractivity contribution < 1.29 is 13.2 Å². The molecule has 0 saturated heterocycles. The smallest absolute Gasteiger partial charge is 0.263 e. The van der Waals surface area contributed by atoms with Gasteiger partial charge >= 0.3 is 0 Å². The maximum Gasteiger partial charge on any atom is 0.263 e. The lowest BCUT2D eigenvalue weighted by Crippen LogP contribution is -2.13. The molecular formula is C12H10Cl2N2O3S. The molecule has 1 N–H and O–H groups in total. The summed E-state index contributed by atoms with van der Waals surface area (Å²) in [6.07, 6.45) is 2.83. The number of nitrogens with one attached hydrogen (secondary N) is 1. The molecule has 2 aromatic rings. The molecule has 0 fully saturated rings. The summed E-state index contributed by atoms with van der Waals surface area (Å²) < 4.78 is 31.8. The molecule has 20 heavy (non-hydrogen) atoms. The maximum absolute atomic E-state index is 12.2. The number of aromatic nitrogens is 1. The minimum absolute atomic E-state index is 0.0425. The highest BCUT2D eigenvalue weighted by atomic mass is 35.5. The molecule has 1 heterocycles. The Balaban J connectivity index is 2.35. The van der Waals surface area contributed by atoms with E-state index in [2.05, 4.69) is 9.71 Å². The van der Waals surface area contributed by atoms with E-state index in [-0.39, 0.29) is 15.6 Å². The van der Waals surface area contributed by atoms with Crippen molar-refractivity contribution in [2.45, 2.75) is 4.90 Å². The number of nitrogens with zero attached hydrogens (tertiary/aromatic N) is 1. The second-order valence-corrected chi connectivity index (χ2v) is 6.29. The minimum Gasteiger partial charge on any atom is -0.495 e. The third-order valence-corrected chi connectivity index (χ3v) is 4.48. The van der Waals surface area contributed by atoms with Crippen molar-refractivity contribution in [1.82, 2.24) is 4.98 Å². The zero-order valence-corrected chi connectivity index (χ0v) is 12.6. The Morgan fingerprint density at radius 1 is 1.20 bits per heavy atom. The molecule has 0 spiro atoms. The van der Waals surface area contributed by atoms with Crippen LogP contribution in [0.25, 0.3) is 0 Å². The molecule has 0 amide bonds. The number of halogens is 2. The van der Waals surface area contributed by atoms with Crippen molar-refractivity contribution in [3.05, 3.63) is 46.7 Å². The molecule has 8 heteroatoms. The van der Waals surface area contributed by atoms with Gasteiger partial charge in [-0.25, -0.2) is 8.42 Å². The fourth-order valence-corrected chi connectivity index (χ4v) is 3.30. The van der Waals surface area contributed by atoms with Crippen LogP contribution in [0.15, 0.2) is 41.6 Å². The van der Waals surface area contributed by atoms with Crippen LogP contribution in [-0.2, 0) is 10.0 Å². The zero-order valence-electron chi connectivity index (χ0n) is 10.3. The molecule has 0 aliphatic rings. The third-order valence-electron chi connectivity index (χ3n) is 2.38. The summed E-state index contributed by atoms with van der Waals surface area (Å²) in [5.41, 5.74) is 0.273. The van der Waals surface area contributed by atoms with Crippen LogP contribution < -0.4 is 9.46 Å². The topological polar surface area (TPSA) is 68.3 Å². The second kappa shape index (κ2) is 5.87. The largest absolute Gasteiger partial charge is 0.495 e. The number of hydrogen-bond donors (Lipinski definition) is 1. The zero-order chi connectivity index (χ0) is 14.8. The van der Waals surface area contributed by atoms with Gasteiger partial charge in [-0.1, -0.05) is 23.2 Å². The normalized spacial score (nSPS) is 11.2. The number of benzene rings is 1. The van der Waals surface area contributed by atoms with Gasteiger partial charge in [0.05, 0.1) is 30.2 Å². The van der Waals surface area contributed by atoms with Crippen molar-refractivity contribution in [3.63, 3.8) is 0 Å². The summed E-state index contributed by atoms with van der Waals surface area (Å²) in [6.45, 7) is 0. The van der Waals surface area contributed by atoms with E-state index in [0.29, 0.717) is 10.8 Å². The van der Waals surface area contributed by atoms with Gasteiger partial charge < -0.3 is 4.74 Å². The number of hydrogen-bond acceptors (Lipinski definition) is 4. The monoisotopic (exact) mass is 332 g/mol. The van der Waals surface area contributed by atoms with Gasteiger partial charge in [0, 0.05) is 11.1 Å². The van der Waals surface area contributed by atoms with Gasteiger partial charge in [-0.05, 0) is 18.2 Å². The third kappa shape index (κ3) is 3.33. The Morgan fingerprint density at radius 2 is 1.95 bits per heavy atom. The predicted molar refractivity (Wildman–Crippen MR) is 78.1 cm³/mol. The lowest BCUT2D eigenvalue weighted by Gasteiger charge is -2.10. The second-order valence-electron chi connectivity index (χ2n) is 3.79. The molecule has 2 rings (SSSR count). The fraction of sp³-hybridized carbons (Fsp3) is 0.0833. The number of anilines is 1. The number of pyridine rings is 1. The highest BCUT2D eigenvalue weighted by Gasteiger charge is 2.18. The van der Waals surface area contributed by atoms with E-state index in [4.69, 9.17) is 27.9 Å². The molecule has 0 aliphatic carbocycles. The van der Waals surface area contributed by atoms with Gasteiger partial charge in [-0.15, -0.1) is 0 Å². The number of methoxy groups -OCH3 is 1. The van der Waals surface area contributed by atoms with Crippen LogP contribution in [0.5, 0.6) is 5.75 Å². The Labute approximate surface area is 126 Å². The molecular weight excluding hydrogens is 323 g/mol. The van der Waals surface area contributed by atoms with E-state index < -0.39 is 10.0 Å². The molecule has 1 aromatic carbocycles. The Bertz CT molecular complexity index is 735. The summed E-state index contributed by atoms with van der Waals surface area (Å²) in [7, 11) is -2.36. The van der Waals surface area contributed by atoms with Gasteiger partial charge in [0.1, 0.15) is 10.6 Å². The summed E-state index contributed by atoms with van der Waals surface area (Å²) in [5.74, 6) is 0.437. The van der Waals surface area contributed by atoms with Crippen LogP contribution in [-0.4, -0.2) is 20.5 Å². The highest BCUT2D eigenvalue weighted by molar-refractivity contribution is 7.92. The van der Waals surface area contributed by atoms with Crippen molar-refractivity contribution >= 4 is 38.9 Å². The van der Waals surface area contributed by atoms with E-state index in [0.717, 1.165) is 0 Å². The Kier molecular flexibility index (Phi) is 4.37. The van der Waals surface area contributed by atoms with Crippen molar-refractivity contribution in [1.29, 1.82) is 0 Å². The molecule has 5 nitrogen and oxygen atoms in total. The first-order valence-electron chi connectivity index (χ1n) is 5.39. The van der Waals surface area contributed by atoms with E-state index in [1.807, 2.05) is 0 Å². The van der Waals surface area contributed by atoms with E-state index in [1.165, 1.54) is 43.8 Å². The predicted octanol–water partition coefficient (Wildman–Crippen LogP) is 3.20. The first-order chi connectivity index (χ1) is 9.42. The number of ether oxygens (including phenoxy) is 1. The van der Waals surface area contributed by atoms with Gasteiger partial charge in [-0.2, -0.15) is 0 Å². The SMILES string of the molecule is COc1cncc(NS(=O)(=O)c2ccc(Cl)cc2Cl)c1. The standard InChI is InChI=1S/C12H10Cl2N2O3S/c1-19-10-5-9(6-15-7-10)16-20(17,18)12-3-2-8(13)4-11(12)14/h2-7,16H,1H3. The Morgan fingerprint density at radius 3 is 2.60 bits per heavy atom. The number of rotatable bonds is 4. The Hall–Kier alpha value is -1.50. The molecule has 0 unspecified atom stereocenters. The molecule has 0 bridgehead atoms. The quantitative estimate of drug-likeness (QED) is 0.933. The van der Waals surface area contributed by atoms with E-state index in [9.17, 15) is 8.42 Å². The van der Waals surface area contributed by atoms with Crippen LogP contribution in [0.4, 0.5) is 5.69 Å². The molecule has 0 radical (unpaired) electrons. The minimum atomic E-state index is -3.82. The average molecular weight is 333 g/mol. The van der Waals surface area contributed by atoms with Crippen LogP contribution in [0, 0.1) is 0 Å². The van der Waals surface area contributed by atoms with Gasteiger partial charge in [0.15, 0.2) is 0 Å². The van der Waals surface area contributed by atoms with Gasteiger partial charge in [0.2, 0.25) is 0 Å². The summed E-state index contributed by atoms with van der Waals surface area (Å²) in [6, 6.07) is 5.66. The fourth-order valence-electron chi connectivity index (χ4n) is 1.49. The van der Waals surface area contributed by atoms with Crippen LogP contribution >= 0.6 is 23.2 Å². The highest BCUT2D eigenvalue weighted by Crippen LogP contribution is 2.27. The van der Waals surface area contributed by atoms with Crippen molar-refractivity contribution in [3.8, 4) is 5.75 Å². The molecule has 106 valence electrons. The van der Waals surface area contributed by atoms with E-state index in [1.54, 1.807) is 0 Å². The summed E-state index contributed by atoms with van der Waals surface area (Å²) in [4.78, 5) is 3.80. The molecule has 0 atom stereocenters. The maximum atomic E-state index is 12.2. The average Bonchev–Trinajstić information content (AvgIpc) is 2.37. The lowest BCUT2D eigenvalue weighted by molar-refractivity contribution is 0.413. The number of sulfonamides is 1. The molecule has 0 aliphatic heterocycles. The summed E-state index contributed by atoms with van der Waals surface area (Å²) >= 11 is 11.6.